The number of benzene rings is 1. The van der Waals surface area contributed by atoms with E-state index >= 15 is 0 Å². The lowest BCUT2D eigenvalue weighted by molar-refractivity contribution is 0.505. The van der Waals surface area contributed by atoms with Crippen molar-refractivity contribution >= 4 is 17.5 Å². The van der Waals surface area contributed by atoms with Gasteiger partial charge in [0, 0.05) is 28.4 Å². The number of hydrogen-bond acceptors (Lipinski definition) is 5. The second-order valence-electron chi connectivity index (χ2n) is 5.59. The highest BCUT2D eigenvalue weighted by atomic mass is 35.5. The summed E-state index contributed by atoms with van der Waals surface area (Å²) in [4.78, 5) is 20.3. The molecule has 2 heterocycles. The van der Waals surface area contributed by atoms with Crippen LogP contribution in [0.3, 0.4) is 0 Å². The van der Waals surface area contributed by atoms with Crippen molar-refractivity contribution < 1.29 is 0 Å². The predicted molar refractivity (Wildman–Crippen MR) is 94.8 cm³/mol. The highest BCUT2D eigenvalue weighted by molar-refractivity contribution is 6.30. The lowest BCUT2D eigenvalue weighted by Gasteiger charge is -2.12. The fourth-order valence-electron chi connectivity index (χ4n) is 2.35. The Labute approximate surface area is 144 Å². The molecule has 6 nitrogen and oxygen atoms in total. The summed E-state index contributed by atoms with van der Waals surface area (Å²) in [6.07, 6.45) is 1.61. The molecule has 0 atom stereocenters. The second kappa shape index (κ2) is 6.41. The van der Waals surface area contributed by atoms with Gasteiger partial charge < -0.3 is 5.73 Å². The van der Waals surface area contributed by atoms with Crippen molar-refractivity contribution in [3.63, 3.8) is 0 Å². The average molecular weight is 342 g/mol. The summed E-state index contributed by atoms with van der Waals surface area (Å²) in [5.41, 5.74) is 8.38. The predicted octanol–water partition coefficient (Wildman–Crippen LogP) is 3.18. The van der Waals surface area contributed by atoms with E-state index in [1.165, 1.54) is 10.7 Å². The average Bonchev–Trinajstić information content (AvgIpc) is 2.56. The van der Waals surface area contributed by atoms with E-state index in [0.29, 0.717) is 22.0 Å². The van der Waals surface area contributed by atoms with Crippen LogP contribution in [0.1, 0.15) is 19.9 Å². The van der Waals surface area contributed by atoms with Gasteiger partial charge in [-0.3, -0.25) is 4.79 Å². The van der Waals surface area contributed by atoms with Gasteiger partial charge in [0.1, 0.15) is 0 Å². The molecule has 2 aromatic heterocycles. The van der Waals surface area contributed by atoms with E-state index in [2.05, 4.69) is 15.1 Å². The van der Waals surface area contributed by atoms with Crippen molar-refractivity contribution in [1.29, 1.82) is 0 Å². The van der Waals surface area contributed by atoms with Crippen LogP contribution in [-0.2, 0) is 0 Å². The van der Waals surface area contributed by atoms with E-state index in [4.69, 9.17) is 17.3 Å². The first-order chi connectivity index (χ1) is 11.5. The summed E-state index contributed by atoms with van der Waals surface area (Å²) in [5.74, 6) is 0.167. The molecule has 24 heavy (non-hydrogen) atoms. The lowest BCUT2D eigenvalue weighted by atomic mass is 10.0. The molecule has 0 unspecified atom stereocenters. The molecule has 2 N–H and O–H groups in total. The number of anilines is 1. The lowest BCUT2D eigenvalue weighted by Crippen LogP contribution is -2.24. The summed E-state index contributed by atoms with van der Waals surface area (Å²) in [5, 5.41) is 5.07. The van der Waals surface area contributed by atoms with Gasteiger partial charge >= 0.3 is 0 Å². The van der Waals surface area contributed by atoms with E-state index in [1.807, 2.05) is 26.0 Å². The van der Waals surface area contributed by atoms with Gasteiger partial charge in [-0.15, -0.1) is 0 Å². The first-order valence-corrected chi connectivity index (χ1v) is 7.82. The maximum absolute atomic E-state index is 11.9. The highest BCUT2D eigenvalue weighted by Crippen LogP contribution is 2.29. The third-order valence-electron chi connectivity index (χ3n) is 3.52. The van der Waals surface area contributed by atoms with Gasteiger partial charge in [-0.25, -0.2) is 14.6 Å². The van der Waals surface area contributed by atoms with Crippen molar-refractivity contribution in [2.45, 2.75) is 19.9 Å². The van der Waals surface area contributed by atoms with Gasteiger partial charge in [0.25, 0.3) is 5.56 Å². The maximum atomic E-state index is 11.9. The quantitative estimate of drug-likeness (QED) is 0.790. The zero-order valence-corrected chi connectivity index (χ0v) is 14.0. The SMILES string of the molecule is CC(C)n1nc(-c2cnc(N)nc2-c2ccc(Cl)cc2)ccc1=O. The Bertz CT molecular complexity index is 934. The van der Waals surface area contributed by atoms with Crippen LogP contribution < -0.4 is 11.3 Å². The smallest absolute Gasteiger partial charge is 0.267 e. The van der Waals surface area contributed by atoms with Gasteiger partial charge in [0.15, 0.2) is 0 Å². The largest absolute Gasteiger partial charge is 0.368 e. The Kier molecular flexibility index (Phi) is 4.31. The first kappa shape index (κ1) is 16.1. The second-order valence-corrected chi connectivity index (χ2v) is 6.03. The van der Waals surface area contributed by atoms with Crippen molar-refractivity contribution in [2.24, 2.45) is 0 Å². The molecular weight excluding hydrogens is 326 g/mol. The van der Waals surface area contributed by atoms with Crippen molar-refractivity contribution in [2.75, 3.05) is 5.73 Å². The number of halogens is 1. The van der Waals surface area contributed by atoms with E-state index in [1.54, 1.807) is 24.4 Å². The Morgan fingerprint density at radius 2 is 1.83 bits per heavy atom. The minimum atomic E-state index is -0.154. The summed E-state index contributed by atoms with van der Waals surface area (Å²) in [7, 11) is 0. The Balaban J connectivity index is 2.20. The summed E-state index contributed by atoms with van der Waals surface area (Å²) in [6, 6.07) is 10.4. The van der Waals surface area contributed by atoms with Crippen molar-refractivity contribution in [3.8, 4) is 22.5 Å². The molecule has 0 saturated heterocycles. The van der Waals surface area contributed by atoms with Crippen LogP contribution in [0.2, 0.25) is 5.02 Å². The minimum absolute atomic E-state index is 0.0499. The number of aromatic nitrogens is 4. The molecular formula is C17H16ClN5O. The zero-order chi connectivity index (χ0) is 17.3. The van der Waals surface area contributed by atoms with E-state index < -0.39 is 0 Å². The Morgan fingerprint density at radius 1 is 1.12 bits per heavy atom. The van der Waals surface area contributed by atoms with Gasteiger partial charge in [-0.2, -0.15) is 5.10 Å². The highest BCUT2D eigenvalue weighted by Gasteiger charge is 2.14. The number of rotatable bonds is 3. The van der Waals surface area contributed by atoms with Crippen LogP contribution in [0.25, 0.3) is 22.5 Å². The monoisotopic (exact) mass is 341 g/mol. The topological polar surface area (TPSA) is 86.7 Å². The molecule has 0 aliphatic rings. The first-order valence-electron chi connectivity index (χ1n) is 7.44. The third-order valence-corrected chi connectivity index (χ3v) is 3.77. The molecule has 0 spiro atoms. The molecule has 0 bridgehead atoms. The molecule has 0 radical (unpaired) electrons. The molecule has 0 aliphatic carbocycles. The molecule has 0 fully saturated rings. The number of nitrogens with zero attached hydrogens (tertiary/aromatic N) is 4. The number of nitrogen functional groups attached to an aromatic ring is 1. The van der Waals surface area contributed by atoms with Gasteiger partial charge in [-0.1, -0.05) is 23.7 Å². The molecule has 0 aliphatic heterocycles. The molecule has 1 aromatic carbocycles. The molecule has 122 valence electrons. The fourth-order valence-corrected chi connectivity index (χ4v) is 2.48. The van der Waals surface area contributed by atoms with Crippen LogP contribution >= 0.6 is 11.6 Å². The van der Waals surface area contributed by atoms with E-state index in [0.717, 1.165) is 5.56 Å². The maximum Gasteiger partial charge on any atom is 0.267 e. The van der Waals surface area contributed by atoms with E-state index in [-0.39, 0.29) is 17.5 Å². The molecule has 0 amide bonds. The minimum Gasteiger partial charge on any atom is -0.368 e. The van der Waals surface area contributed by atoms with E-state index in [9.17, 15) is 4.79 Å². The van der Waals surface area contributed by atoms with Crippen molar-refractivity contribution in [3.05, 3.63) is 58.0 Å². The van der Waals surface area contributed by atoms with Gasteiger partial charge in [0.2, 0.25) is 5.95 Å². The third kappa shape index (κ3) is 3.14. The van der Waals surface area contributed by atoms with Crippen LogP contribution in [0, 0.1) is 0 Å². The zero-order valence-electron chi connectivity index (χ0n) is 13.3. The van der Waals surface area contributed by atoms with Crippen LogP contribution in [0.15, 0.2) is 47.4 Å². The van der Waals surface area contributed by atoms with Gasteiger partial charge in [-0.05, 0) is 32.0 Å². The standard InChI is InChI=1S/C17H16ClN5O/c1-10(2)23-15(24)8-7-14(22-23)13-9-20-17(19)21-16(13)11-3-5-12(18)6-4-11/h3-10H,1-2H3,(H2,19,20,21). The Morgan fingerprint density at radius 3 is 2.50 bits per heavy atom. The summed E-state index contributed by atoms with van der Waals surface area (Å²) < 4.78 is 1.43. The van der Waals surface area contributed by atoms with Crippen LogP contribution in [-0.4, -0.2) is 19.7 Å². The molecule has 3 aromatic rings. The van der Waals surface area contributed by atoms with Crippen LogP contribution in [0.4, 0.5) is 5.95 Å². The summed E-state index contributed by atoms with van der Waals surface area (Å²) in [6.45, 7) is 3.80. The normalized spacial score (nSPS) is 11.0. The fraction of sp³-hybridized carbons (Fsp3) is 0.176. The molecule has 3 rings (SSSR count). The molecule has 7 heteroatoms. The Hall–Kier alpha value is -2.73. The summed E-state index contributed by atoms with van der Waals surface area (Å²) >= 11 is 5.95. The van der Waals surface area contributed by atoms with Crippen LogP contribution in [0.5, 0.6) is 0 Å². The molecule has 0 saturated carbocycles. The number of hydrogen-bond donors (Lipinski definition) is 1. The number of nitrogens with two attached hydrogens (primary N) is 1. The van der Waals surface area contributed by atoms with Crippen molar-refractivity contribution in [1.82, 2.24) is 19.7 Å². The van der Waals surface area contributed by atoms with Gasteiger partial charge in [0.05, 0.1) is 17.4 Å².